The van der Waals surface area contributed by atoms with Crippen LogP contribution in [0.5, 0.6) is 0 Å². The Kier molecular flexibility index (Phi) is 1.72. The molecule has 2 atom stereocenters. The Hall–Kier alpha value is -0.560. The molecule has 2 N–H and O–H groups in total. The van der Waals surface area contributed by atoms with Gasteiger partial charge in [-0.1, -0.05) is 30.7 Å². The van der Waals surface area contributed by atoms with E-state index in [1.807, 2.05) is 0 Å². The predicted molar refractivity (Wildman–Crippen MR) is 40.0 cm³/mol. The van der Waals surface area contributed by atoms with Crippen LogP contribution in [0.25, 0.3) is 0 Å². The molecule has 0 saturated carbocycles. The first-order valence-corrected chi connectivity index (χ1v) is 3.32. The van der Waals surface area contributed by atoms with E-state index in [9.17, 15) is 0 Å². The van der Waals surface area contributed by atoms with Gasteiger partial charge in [-0.15, -0.1) is 0 Å². The Labute approximate surface area is 56.2 Å². The topological polar surface area (TPSA) is 26.0 Å². The molecule has 0 amide bonds. The monoisotopic (exact) mass is 123 g/mol. The normalized spacial score (nSPS) is 34.3. The molecule has 1 aliphatic carbocycles. The second-order valence-corrected chi connectivity index (χ2v) is 2.68. The highest BCUT2D eigenvalue weighted by Gasteiger charge is 2.12. The zero-order valence-electron chi connectivity index (χ0n) is 5.96. The van der Waals surface area contributed by atoms with Crippen molar-refractivity contribution in [1.29, 1.82) is 0 Å². The van der Waals surface area contributed by atoms with Crippen molar-refractivity contribution in [2.45, 2.75) is 19.9 Å². The van der Waals surface area contributed by atoms with Crippen molar-refractivity contribution in [3.8, 4) is 0 Å². The van der Waals surface area contributed by atoms with Gasteiger partial charge in [0, 0.05) is 6.04 Å². The van der Waals surface area contributed by atoms with Gasteiger partial charge in [-0.25, -0.2) is 0 Å². The fraction of sp³-hybridized carbons (Fsp3) is 0.500. The third-order valence-corrected chi connectivity index (χ3v) is 1.87. The van der Waals surface area contributed by atoms with Gasteiger partial charge in [-0.2, -0.15) is 0 Å². The Bertz CT molecular complexity index is 156. The molecule has 0 aromatic carbocycles. The Morgan fingerprint density at radius 1 is 1.56 bits per heavy atom. The third kappa shape index (κ3) is 1.22. The molecule has 1 unspecified atom stereocenters. The quantitative estimate of drug-likeness (QED) is 0.518. The van der Waals surface area contributed by atoms with Crippen LogP contribution in [-0.2, 0) is 0 Å². The maximum absolute atomic E-state index is 5.80. The summed E-state index contributed by atoms with van der Waals surface area (Å²) >= 11 is 0. The number of hydrogen-bond acceptors (Lipinski definition) is 1. The van der Waals surface area contributed by atoms with Crippen LogP contribution in [0.2, 0.25) is 0 Å². The van der Waals surface area contributed by atoms with Gasteiger partial charge in [0.25, 0.3) is 0 Å². The van der Waals surface area contributed by atoms with E-state index in [0.717, 1.165) is 0 Å². The largest absolute Gasteiger partial charge is 0.324 e. The molecule has 0 aromatic rings. The van der Waals surface area contributed by atoms with E-state index < -0.39 is 0 Å². The van der Waals surface area contributed by atoms with E-state index in [0.29, 0.717) is 5.92 Å². The van der Waals surface area contributed by atoms with Gasteiger partial charge in [0.2, 0.25) is 0 Å². The molecule has 0 aliphatic heterocycles. The van der Waals surface area contributed by atoms with Gasteiger partial charge in [0.1, 0.15) is 0 Å². The molecule has 0 heterocycles. The number of allylic oxidation sites excluding steroid dienone is 2. The van der Waals surface area contributed by atoms with Gasteiger partial charge in [-0.3, -0.25) is 0 Å². The van der Waals surface area contributed by atoms with Crippen molar-refractivity contribution in [2.24, 2.45) is 11.7 Å². The second-order valence-electron chi connectivity index (χ2n) is 2.68. The molecule has 1 heteroatoms. The van der Waals surface area contributed by atoms with Gasteiger partial charge in [-0.05, 0) is 12.8 Å². The lowest BCUT2D eigenvalue weighted by molar-refractivity contribution is 0.596. The fourth-order valence-corrected chi connectivity index (χ4v) is 1.03. The van der Waals surface area contributed by atoms with Crippen molar-refractivity contribution in [1.82, 2.24) is 0 Å². The van der Waals surface area contributed by atoms with E-state index in [1.165, 1.54) is 5.57 Å². The average Bonchev–Trinajstić information content (AvgIpc) is 1.83. The molecule has 1 rings (SSSR count). The molecule has 1 nitrogen and oxygen atoms in total. The summed E-state index contributed by atoms with van der Waals surface area (Å²) in [5, 5.41) is 0. The average molecular weight is 123 g/mol. The van der Waals surface area contributed by atoms with Crippen LogP contribution in [0, 0.1) is 5.92 Å². The zero-order valence-corrected chi connectivity index (χ0v) is 5.96. The van der Waals surface area contributed by atoms with Crippen LogP contribution >= 0.6 is 0 Å². The van der Waals surface area contributed by atoms with Crippen LogP contribution in [0.3, 0.4) is 0 Å². The SMILES string of the molecule is CC1=CC=CC(C)[C@H]1N. The summed E-state index contributed by atoms with van der Waals surface area (Å²) in [6, 6.07) is 0.245. The summed E-state index contributed by atoms with van der Waals surface area (Å²) in [6.07, 6.45) is 6.28. The van der Waals surface area contributed by atoms with Gasteiger partial charge in [0.15, 0.2) is 0 Å². The lowest BCUT2D eigenvalue weighted by Gasteiger charge is -2.19. The Morgan fingerprint density at radius 3 is 2.67 bits per heavy atom. The summed E-state index contributed by atoms with van der Waals surface area (Å²) < 4.78 is 0. The van der Waals surface area contributed by atoms with Crippen LogP contribution in [0.4, 0.5) is 0 Å². The van der Waals surface area contributed by atoms with E-state index in [-0.39, 0.29) is 6.04 Å². The van der Waals surface area contributed by atoms with Crippen molar-refractivity contribution in [3.05, 3.63) is 23.8 Å². The van der Waals surface area contributed by atoms with E-state index in [2.05, 4.69) is 32.1 Å². The highest BCUT2D eigenvalue weighted by Crippen LogP contribution is 2.15. The zero-order chi connectivity index (χ0) is 6.85. The molecule has 50 valence electrons. The summed E-state index contributed by atoms with van der Waals surface area (Å²) in [5.74, 6) is 0.509. The minimum atomic E-state index is 0.245. The first-order chi connectivity index (χ1) is 4.22. The lowest BCUT2D eigenvalue weighted by Crippen LogP contribution is -2.29. The number of rotatable bonds is 0. The van der Waals surface area contributed by atoms with Gasteiger partial charge in [0.05, 0.1) is 0 Å². The first kappa shape index (κ1) is 6.56. The van der Waals surface area contributed by atoms with Crippen molar-refractivity contribution in [2.75, 3.05) is 0 Å². The van der Waals surface area contributed by atoms with Crippen LogP contribution in [0.15, 0.2) is 23.8 Å². The molecular weight excluding hydrogens is 110 g/mol. The molecule has 1 aliphatic rings. The standard InChI is InChI=1S/C8H13N/c1-6-4-3-5-7(2)8(6)9/h3-6,8H,9H2,1-2H3/t6?,8-/m1/s1. The van der Waals surface area contributed by atoms with Gasteiger partial charge < -0.3 is 5.73 Å². The van der Waals surface area contributed by atoms with Crippen molar-refractivity contribution >= 4 is 0 Å². The fourth-order valence-electron chi connectivity index (χ4n) is 1.03. The Morgan fingerprint density at radius 2 is 2.22 bits per heavy atom. The molecule has 0 saturated heterocycles. The van der Waals surface area contributed by atoms with Crippen molar-refractivity contribution < 1.29 is 0 Å². The molecule has 0 bridgehead atoms. The minimum Gasteiger partial charge on any atom is -0.324 e. The molecule has 0 aromatic heterocycles. The minimum absolute atomic E-state index is 0.245. The van der Waals surface area contributed by atoms with Gasteiger partial charge >= 0.3 is 0 Å². The summed E-state index contributed by atoms with van der Waals surface area (Å²) in [4.78, 5) is 0. The molecular formula is C8H13N. The number of hydrogen-bond donors (Lipinski definition) is 1. The molecule has 0 radical (unpaired) electrons. The van der Waals surface area contributed by atoms with Crippen LogP contribution in [-0.4, -0.2) is 6.04 Å². The van der Waals surface area contributed by atoms with Crippen LogP contribution in [0.1, 0.15) is 13.8 Å². The maximum Gasteiger partial charge on any atom is 0.0315 e. The van der Waals surface area contributed by atoms with Crippen LogP contribution < -0.4 is 5.73 Å². The first-order valence-electron chi connectivity index (χ1n) is 3.32. The smallest absolute Gasteiger partial charge is 0.0315 e. The van der Waals surface area contributed by atoms with E-state index in [4.69, 9.17) is 5.73 Å². The predicted octanol–water partition coefficient (Wildman–Crippen LogP) is 1.47. The summed E-state index contributed by atoms with van der Waals surface area (Å²) in [6.45, 7) is 4.21. The number of nitrogens with two attached hydrogens (primary N) is 1. The van der Waals surface area contributed by atoms with E-state index >= 15 is 0 Å². The highest BCUT2D eigenvalue weighted by molar-refractivity contribution is 5.23. The molecule has 0 fully saturated rings. The second kappa shape index (κ2) is 2.36. The molecule has 0 spiro atoms. The van der Waals surface area contributed by atoms with Crippen molar-refractivity contribution in [3.63, 3.8) is 0 Å². The Balaban J connectivity index is 2.73. The summed E-state index contributed by atoms with van der Waals surface area (Å²) in [5.41, 5.74) is 7.08. The summed E-state index contributed by atoms with van der Waals surface area (Å²) in [7, 11) is 0. The highest BCUT2D eigenvalue weighted by atomic mass is 14.6. The maximum atomic E-state index is 5.80. The third-order valence-electron chi connectivity index (χ3n) is 1.87. The molecule has 9 heavy (non-hydrogen) atoms. The lowest BCUT2D eigenvalue weighted by atomic mass is 9.92. The van der Waals surface area contributed by atoms with E-state index in [1.54, 1.807) is 0 Å².